The van der Waals surface area contributed by atoms with E-state index in [0.29, 0.717) is 6.54 Å². The average Bonchev–Trinajstić information content (AvgIpc) is 3.45. The van der Waals surface area contributed by atoms with Crippen LogP contribution in [-0.2, 0) is 13.0 Å². The van der Waals surface area contributed by atoms with Gasteiger partial charge >= 0.3 is 0 Å². The molecule has 9 heteroatoms. The molecule has 0 amide bonds. The summed E-state index contributed by atoms with van der Waals surface area (Å²) < 4.78 is 9.86. The number of aryl methyl sites for hydroxylation is 1. The topological polar surface area (TPSA) is 82.7 Å². The SMILES string of the molecule is CCc1nsc(N2CCN(C(=NC)NCc3cc(-c4ccccc4)on3)CC2)n1. The van der Waals surface area contributed by atoms with Crippen molar-refractivity contribution in [3.05, 3.63) is 47.9 Å². The van der Waals surface area contributed by atoms with Gasteiger partial charge in [-0.05, 0) is 0 Å². The fraction of sp³-hybridized carbons (Fsp3) is 0.400. The Morgan fingerprint density at radius 2 is 2.00 bits per heavy atom. The molecule has 1 aliphatic rings. The number of guanidine groups is 1. The van der Waals surface area contributed by atoms with Crippen molar-refractivity contribution in [3.8, 4) is 11.3 Å². The van der Waals surface area contributed by atoms with E-state index in [2.05, 4.69) is 41.5 Å². The molecule has 0 unspecified atom stereocenters. The Hall–Kier alpha value is -2.94. The number of rotatable bonds is 5. The van der Waals surface area contributed by atoms with Crippen LogP contribution in [0.5, 0.6) is 0 Å². The zero-order valence-corrected chi connectivity index (χ0v) is 17.5. The smallest absolute Gasteiger partial charge is 0.205 e. The molecular formula is C20H25N7OS. The molecular weight excluding hydrogens is 386 g/mol. The van der Waals surface area contributed by atoms with Crippen LogP contribution < -0.4 is 10.2 Å². The van der Waals surface area contributed by atoms with Crippen molar-refractivity contribution in [2.75, 3.05) is 38.1 Å². The molecule has 4 rings (SSSR count). The minimum Gasteiger partial charge on any atom is -0.356 e. The van der Waals surface area contributed by atoms with Gasteiger partial charge in [0.1, 0.15) is 11.5 Å². The number of nitrogens with one attached hydrogen (secondary N) is 1. The van der Waals surface area contributed by atoms with Crippen molar-refractivity contribution in [1.82, 2.24) is 24.7 Å². The maximum absolute atomic E-state index is 5.47. The van der Waals surface area contributed by atoms with Gasteiger partial charge in [0.05, 0.1) is 6.54 Å². The van der Waals surface area contributed by atoms with E-state index in [-0.39, 0.29) is 0 Å². The third kappa shape index (κ3) is 4.56. The molecule has 3 aromatic rings. The first-order valence-electron chi connectivity index (χ1n) is 9.81. The summed E-state index contributed by atoms with van der Waals surface area (Å²) in [7, 11) is 1.81. The van der Waals surface area contributed by atoms with Gasteiger partial charge in [-0.2, -0.15) is 4.37 Å². The molecule has 1 fully saturated rings. The van der Waals surface area contributed by atoms with Gasteiger partial charge in [-0.25, -0.2) is 4.98 Å². The predicted molar refractivity (Wildman–Crippen MR) is 115 cm³/mol. The summed E-state index contributed by atoms with van der Waals surface area (Å²) in [5, 5.41) is 8.58. The van der Waals surface area contributed by atoms with Gasteiger partial charge in [0.25, 0.3) is 0 Å². The second kappa shape index (κ2) is 9.04. The normalized spacial score (nSPS) is 15.0. The zero-order valence-electron chi connectivity index (χ0n) is 16.7. The van der Waals surface area contributed by atoms with E-state index < -0.39 is 0 Å². The molecule has 1 aliphatic heterocycles. The summed E-state index contributed by atoms with van der Waals surface area (Å²) in [6.45, 7) is 6.22. The van der Waals surface area contributed by atoms with Gasteiger partial charge in [0, 0.05) is 62.8 Å². The molecule has 1 aromatic carbocycles. The van der Waals surface area contributed by atoms with Crippen LogP contribution in [0.4, 0.5) is 5.13 Å². The van der Waals surface area contributed by atoms with Gasteiger partial charge in [0.2, 0.25) is 5.13 Å². The number of hydrogen-bond acceptors (Lipinski definition) is 7. The maximum Gasteiger partial charge on any atom is 0.205 e. The van der Waals surface area contributed by atoms with E-state index in [1.54, 1.807) is 0 Å². The Balaban J connectivity index is 1.31. The number of benzene rings is 1. The highest BCUT2D eigenvalue weighted by Crippen LogP contribution is 2.20. The van der Waals surface area contributed by atoms with Crippen LogP contribution in [-0.4, -0.2) is 58.6 Å². The van der Waals surface area contributed by atoms with Gasteiger partial charge < -0.3 is 19.6 Å². The lowest BCUT2D eigenvalue weighted by Gasteiger charge is -2.36. The molecule has 2 aromatic heterocycles. The van der Waals surface area contributed by atoms with Gasteiger partial charge in [0.15, 0.2) is 11.7 Å². The van der Waals surface area contributed by atoms with Crippen molar-refractivity contribution in [2.45, 2.75) is 19.9 Å². The average molecular weight is 412 g/mol. The molecule has 152 valence electrons. The lowest BCUT2D eigenvalue weighted by atomic mass is 10.2. The number of aliphatic imine (C=N–C) groups is 1. The van der Waals surface area contributed by atoms with Crippen LogP contribution in [0, 0.1) is 0 Å². The highest BCUT2D eigenvalue weighted by atomic mass is 32.1. The molecule has 0 spiro atoms. The quantitative estimate of drug-likeness (QED) is 0.510. The summed E-state index contributed by atoms with van der Waals surface area (Å²) in [6, 6.07) is 12.0. The highest BCUT2D eigenvalue weighted by Gasteiger charge is 2.22. The van der Waals surface area contributed by atoms with Crippen LogP contribution in [0.1, 0.15) is 18.4 Å². The highest BCUT2D eigenvalue weighted by molar-refractivity contribution is 7.09. The van der Waals surface area contributed by atoms with Gasteiger partial charge in [-0.1, -0.05) is 42.4 Å². The molecule has 3 heterocycles. The lowest BCUT2D eigenvalue weighted by molar-refractivity contribution is 0.370. The van der Waals surface area contributed by atoms with Crippen LogP contribution in [0.2, 0.25) is 0 Å². The van der Waals surface area contributed by atoms with Crippen molar-refractivity contribution in [2.24, 2.45) is 4.99 Å². The third-order valence-corrected chi connectivity index (χ3v) is 5.69. The predicted octanol–water partition coefficient (Wildman–Crippen LogP) is 2.65. The molecule has 8 nitrogen and oxygen atoms in total. The molecule has 0 atom stereocenters. The van der Waals surface area contributed by atoms with Crippen molar-refractivity contribution < 1.29 is 4.52 Å². The van der Waals surface area contributed by atoms with Crippen molar-refractivity contribution in [3.63, 3.8) is 0 Å². The number of piperazine rings is 1. The van der Waals surface area contributed by atoms with E-state index in [4.69, 9.17) is 4.52 Å². The fourth-order valence-corrected chi connectivity index (χ4v) is 4.06. The van der Waals surface area contributed by atoms with E-state index in [1.807, 2.05) is 43.4 Å². The summed E-state index contributed by atoms with van der Waals surface area (Å²) in [5.74, 6) is 2.57. The number of aromatic nitrogens is 3. The summed E-state index contributed by atoms with van der Waals surface area (Å²) in [5.41, 5.74) is 1.87. The number of anilines is 1. The Labute approximate surface area is 174 Å². The number of hydrogen-bond donors (Lipinski definition) is 1. The summed E-state index contributed by atoms with van der Waals surface area (Å²) in [6.07, 6.45) is 0.876. The van der Waals surface area contributed by atoms with Crippen molar-refractivity contribution >= 4 is 22.6 Å². The Morgan fingerprint density at radius 1 is 1.21 bits per heavy atom. The standard InChI is InChI=1S/C20H25N7OS/c1-3-18-23-20(29-25-18)27-11-9-26(10-12-27)19(21-2)22-14-16-13-17(28-24-16)15-7-5-4-6-8-15/h4-8,13H,3,9-12,14H2,1-2H3,(H,21,22). The van der Waals surface area contributed by atoms with Crippen LogP contribution >= 0.6 is 11.5 Å². The van der Waals surface area contributed by atoms with E-state index in [9.17, 15) is 0 Å². The fourth-order valence-electron chi connectivity index (χ4n) is 3.26. The van der Waals surface area contributed by atoms with Gasteiger partial charge in [-0.15, -0.1) is 0 Å². The third-order valence-electron chi connectivity index (χ3n) is 4.88. The first kappa shape index (κ1) is 19.4. The molecule has 0 radical (unpaired) electrons. The van der Waals surface area contributed by atoms with E-state index in [0.717, 1.165) is 66.5 Å². The Morgan fingerprint density at radius 3 is 2.69 bits per heavy atom. The second-order valence-electron chi connectivity index (χ2n) is 6.77. The molecule has 1 N–H and O–H groups in total. The molecule has 0 saturated carbocycles. The van der Waals surface area contributed by atoms with E-state index in [1.165, 1.54) is 11.5 Å². The largest absolute Gasteiger partial charge is 0.356 e. The molecule has 0 bridgehead atoms. The van der Waals surface area contributed by atoms with Crippen LogP contribution in [0.15, 0.2) is 45.9 Å². The van der Waals surface area contributed by atoms with Crippen LogP contribution in [0.25, 0.3) is 11.3 Å². The van der Waals surface area contributed by atoms with Gasteiger partial charge in [-0.3, -0.25) is 4.99 Å². The Kier molecular flexibility index (Phi) is 6.04. The molecule has 0 aliphatic carbocycles. The monoisotopic (exact) mass is 411 g/mol. The maximum atomic E-state index is 5.47. The first-order valence-corrected chi connectivity index (χ1v) is 10.6. The molecule has 29 heavy (non-hydrogen) atoms. The second-order valence-corrected chi connectivity index (χ2v) is 7.50. The molecule has 1 saturated heterocycles. The minimum atomic E-state index is 0.569. The van der Waals surface area contributed by atoms with Crippen LogP contribution in [0.3, 0.4) is 0 Å². The Bertz CT molecular complexity index is 945. The summed E-state index contributed by atoms with van der Waals surface area (Å²) >= 11 is 1.49. The summed E-state index contributed by atoms with van der Waals surface area (Å²) in [4.78, 5) is 13.6. The minimum absolute atomic E-state index is 0.569. The number of nitrogens with zero attached hydrogens (tertiary/aromatic N) is 6. The van der Waals surface area contributed by atoms with E-state index >= 15 is 0 Å². The zero-order chi connectivity index (χ0) is 20.1. The first-order chi connectivity index (χ1) is 14.3. The lowest BCUT2D eigenvalue weighted by Crippen LogP contribution is -2.52. The van der Waals surface area contributed by atoms with Crippen molar-refractivity contribution in [1.29, 1.82) is 0 Å².